The fraction of sp³-hybridized carbons (Fsp3) is 0.0500. The molecule has 27 heavy (non-hydrogen) atoms. The minimum absolute atomic E-state index is 0.585. The second kappa shape index (κ2) is 6.37. The number of nitrogens with one attached hydrogen (secondary N) is 2. The molecule has 0 aliphatic carbocycles. The van der Waals surface area contributed by atoms with Gasteiger partial charge in [0, 0.05) is 17.8 Å². The van der Waals surface area contributed by atoms with Crippen molar-refractivity contribution in [1.82, 2.24) is 19.9 Å². The van der Waals surface area contributed by atoms with E-state index < -0.39 is 0 Å². The number of fused-ring (bicyclic) bond motifs is 2. The van der Waals surface area contributed by atoms with Crippen LogP contribution in [0.15, 0.2) is 60.9 Å². The molecule has 0 fully saturated rings. The Morgan fingerprint density at radius 1 is 1.07 bits per heavy atom. The van der Waals surface area contributed by atoms with Crippen molar-refractivity contribution in [3.63, 3.8) is 0 Å². The molecule has 0 unspecified atom stereocenters. The molecule has 7 heteroatoms. The Kier molecular flexibility index (Phi) is 3.72. The van der Waals surface area contributed by atoms with E-state index in [1.54, 1.807) is 6.20 Å². The van der Waals surface area contributed by atoms with Gasteiger partial charge < -0.3 is 16.0 Å². The van der Waals surface area contributed by atoms with Crippen molar-refractivity contribution >= 4 is 43.5 Å². The number of benzene rings is 1. The highest BCUT2D eigenvalue weighted by molar-refractivity contribution is 7.22. The lowest BCUT2D eigenvalue weighted by atomic mass is 10.0. The summed E-state index contributed by atoms with van der Waals surface area (Å²) in [6, 6.07) is 16.2. The van der Waals surface area contributed by atoms with Gasteiger partial charge in [-0.05, 0) is 47.5 Å². The first-order valence-electron chi connectivity index (χ1n) is 8.55. The van der Waals surface area contributed by atoms with Crippen LogP contribution in [0, 0.1) is 0 Å². The number of thiazole rings is 1. The van der Waals surface area contributed by atoms with Gasteiger partial charge in [0.1, 0.15) is 11.5 Å². The average molecular weight is 372 g/mol. The molecule has 1 aromatic carbocycles. The summed E-state index contributed by atoms with van der Waals surface area (Å²) in [6.45, 7) is 0.612. The van der Waals surface area contributed by atoms with Crippen LogP contribution in [-0.2, 0) is 6.54 Å². The van der Waals surface area contributed by atoms with Gasteiger partial charge in [-0.15, -0.1) is 0 Å². The van der Waals surface area contributed by atoms with Crippen molar-refractivity contribution in [3.05, 3.63) is 66.6 Å². The Morgan fingerprint density at radius 2 is 2.04 bits per heavy atom. The minimum Gasteiger partial charge on any atom is -0.375 e. The molecule has 0 saturated carbocycles. The summed E-state index contributed by atoms with van der Waals surface area (Å²) in [6.07, 6.45) is 3.70. The van der Waals surface area contributed by atoms with E-state index in [0.717, 1.165) is 43.9 Å². The molecule has 6 nitrogen and oxygen atoms in total. The largest absolute Gasteiger partial charge is 0.375 e. The number of H-pyrrole nitrogens is 1. The van der Waals surface area contributed by atoms with Crippen LogP contribution in [0.3, 0.4) is 0 Å². The van der Waals surface area contributed by atoms with Crippen LogP contribution in [0.5, 0.6) is 0 Å². The van der Waals surface area contributed by atoms with Crippen molar-refractivity contribution in [1.29, 1.82) is 0 Å². The Hall–Kier alpha value is -3.45. The van der Waals surface area contributed by atoms with Gasteiger partial charge in [0.15, 0.2) is 5.13 Å². The number of hydrogen-bond acceptors (Lipinski definition) is 6. The summed E-state index contributed by atoms with van der Waals surface area (Å²) in [5.41, 5.74) is 10.7. The molecule has 5 rings (SSSR count). The number of aromatic nitrogens is 4. The molecular formula is C20H16N6S. The number of aromatic amines is 1. The average Bonchev–Trinajstić information content (AvgIpc) is 3.31. The summed E-state index contributed by atoms with van der Waals surface area (Å²) >= 11 is 1.50. The van der Waals surface area contributed by atoms with Crippen LogP contribution < -0.4 is 11.1 Å². The van der Waals surface area contributed by atoms with Crippen LogP contribution in [0.1, 0.15) is 5.69 Å². The third-order valence-electron chi connectivity index (χ3n) is 4.42. The number of anilines is 2. The Balaban J connectivity index is 1.56. The zero-order chi connectivity index (χ0) is 18.2. The molecule has 4 N–H and O–H groups in total. The summed E-state index contributed by atoms with van der Waals surface area (Å²) in [4.78, 5) is 16.6. The molecule has 0 spiro atoms. The minimum atomic E-state index is 0.585. The summed E-state index contributed by atoms with van der Waals surface area (Å²) < 4.78 is 1.09. The topological polar surface area (TPSA) is 92.5 Å². The van der Waals surface area contributed by atoms with Crippen molar-refractivity contribution < 1.29 is 0 Å². The number of hydrogen-bond donors (Lipinski definition) is 3. The molecular weight excluding hydrogens is 356 g/mol. The lowest BCUT2D eigenvalue weighted by Gasteiger charge is -2.09. The maximum Gasteiger partial charge on any atom is 0.181 e. The predicted molar refractivity (Wildman–Crippen MR) is 111 cm³/mol. The maximum absolute atomic E-state index is 5.85. The maximum atomic E-state index is 5.85. The van der Waals surface area contributed by atoms with Crippen molar-refractivity contribution in [2.75, 3.05) is 11.1 Å². The molecule has 132 valence electrons. The molecule has 4 aromatic heterocycles. The highest BCUT2D eigenvalue weighted by Gasteiger charge is 2.11. The lowest BCUT2D eigenvalue weighted by Crippen LogP contribution is -2.03. The van der Waals surface area contributed by atoms with Gasteiger partial charge in [0.05, 0.1) is 22.5 Å². The monoisotopic (exact) mass is 372 g/mol. The molecule has 0 aliphatic rings. The van der Waals surface area contributed by atoms with Crippen LogP contribution >= 0.6 is 11.3 Å². The van der Waals surface area contributed by atoms with E-state index in [1.165, 1.54) is 11.3 Å². The molecule has 0 saturated heterocycles. The zero-order valence-electron chi connectivity index (χ0n) is 14.3. The highest BCUT2D eigenvalue weighted by atomic mass is 32.1. The zero-order valence-corrected chi connectivity index (χ0v) is 15.1. The van der Waals surface area contributed by atoms with Crippen molar-refractivity contribution in [3.8, 4) is 11.1 Å². The molecule has 5 aromatic rings. The third kappa shape index (κ3) is 2.98. The molecule has 0 atom stereocenters. The molecule has 0 aliphatic heterocycles. The van der Waals surface area contributed by atoms with Crippen LogP contribution in [-0.4, -0.2) is 19.9 Å². The van der Waals surface area contributed by atoms with Gasteiger partial charge in [-0.3, -0.25) is 4.98 Å². The van der Waals surface area contributed by atoms with Crippen molar-refractivity contribution in [2.45, 2.75) is 6.54 Å². The number of pyridine rings is 2. The van der Waals surface area contributed by atoms with E-state index in [2.05, 4.69) is 49.5 Å². The van der Waals surface area contributed by atoms with E-state index in [9.17, 15) is 0 Å². The fourth-order valence-electron chi connectivity index (χ4n) is 3.16. The van der Waals surface area contributed by atoms with Gasteiger partial charge in [-0.25, -0.2) is 9.97 Å². The second-order valence-corrected chi connectivity index (χ2v) is 7.27. The Bertz CT molecular complexity index is 1240. The second-order valence-electron chi connectivity index (χ2n) is 6.20. The summed E-state index contributed by atoms with van der Waals surface area (Å²) in [5, 5.41) is 5.02. The fourth-order valence-corrected chi connectivity index (χ4v) is 3.88. The molecule has 0 amide bonds. The van der Waals surface area contributed by atoms with Gasteiger partial charge in [0.25, 0.3) is 0 Å². The van der Waals surface area contributed by atoms with Gasteiger partial charge in [0.2, 0.25) is 0 Å². The Labute approximate surface area is 159 Å². The lowest BCUT2D eigenvalue weighted by molar-refractivity contribution is 1.03. The van der Waals surface area contributed by atoms with Crippen LogP contribution in [0.25, 0.3) is 32.4 Å². The summed E-state index contributed by atoms with van der Waals surface area (Å²) in [5.74, 6) is 0.795. The molecule has 4 heterocycles. The normalized spacial score (nSPS) is 11.3. The van der Waals surface area contributed by atoms with E-state index in [-0.39, 0.29) is 0 Å². The van der Waals surface area contributed by atoms with Crippen molar-refractivity contribution in [2.24, 2.45) is 0 Å². The highest BCUT2D eigenvalue weighted by Crippen LogP contribution is 2.33. The number of rotatable bonds is 4. The first kappa shape index (κ1) is 15.8. The first-order valence-corrected chi connectivity index (χ1v) is 9.36. The predicted octanol–water partition coefficient (Wildman–Crippen LogP) is 4.43. The number of nitrogens with two attached hydrogens (primary N) is 1. The van der Waals surface area contributed by atoms with Crippen LogP contribution in [0.2, 0.25) is 0 Å². The summed E-state index contributed by atoms with van der Waals surface area (Å²) in [7, 11) is 0. The van der Waals surface area contributed by atoms with E-state index in [0.29, 0.717) is 11.7 Å². The number of nitrogens with zero attached hydrogens (tertiary/aromatic N) is 3. The number of nitrogen functional groups attached to an aromatic ring is 1. The van der Waals surface area contributed by atoms with E-state index in [1.807, 2.05) is 30.5 Å². The quantitative estimate of drug-likeness (QED) is 0.434. The van der Waals surface area contributed by atoms with E-state index >= 15 is 0 Å². The van der Waals surface area contributed by atoms with Crippen LogP contribution in [0.4, 0.5) is 10.9 Å². The molecule has 0 bridgehead atoms. The standard InChI is InChI=1S/C20H16N6S/c21-20-25-16-9-12(4-5-17(16)27-20)15-10-18(26-19-14(15)6-8-23-19)24-11-13-3-1-2-7-22-13/h1-10H,11H2,(H2,21,25)(H2,23,24,26). The first-order chi connectivity index (χ1) is 13.3. The van der Waals surface area contributed by atoms with Gasteiger partial charge in [-0.1, -0.05) is 23.5 Å². The SMILES string of the molecule is Nc1nc2cc(-c3cc(NCc4ccccn4)nc4[nH]ccc34)ccc2s1. The third-order valence-corrected chi connectivity index (χ3v) is 5.29. The Morgan fingerprint density at radius 3 is 2.93 bits per heavy atom. The molecule has 0 radical (unpaired) electrons. The van der Waals surface area contributed by atoms with Gasteiger partial charge in [-0.2, -0.15) is 0 Å². The van der Waals surface area contributed by atoms with Gasteiger partial charge >= 0.3 is 0 Å². The van der Waals surface area contributed by atoms with E-state index in [4.69, 9.17) is 5.73 Å². The smallest absolute Gasteiger partial charge is 0.181 e.